The first-order chi connectivity index (χ1) is 16.1. The average Bonchev–Trinajstić information content (AvgIpc) is 3.18. The molecule has 1 saturated carbocycles. The van der Waals surface area contributed by atoms with E-state index in [1.807, 2.05) is 60.8 Å². The maximum absolute atomic E-state index is 9.82. The molecule has 33 heavy (non-hydrogen) atoms. The summed E-state index contributed by atoms with van der Waals surface area (Å²) in [4.78, 5) is 13.5. The highest BCUT2D eigenvalue weighted by atomic mass is 35.5. The summed E-state index contributed by atoms with van der Waals surface area (Å²) < 4.78 is 2.08. The number of nitrogen functional groups attached to an aromatic ring is 1. The molecule has 0 aliphatic heterocycles. The van der Waals surface area contributed by atoms with E-state index in [0.717, 1.165) is 44.6 Å². The highest BCUT2D eigenvalue weighted by Gasteiger charge is 2.31. The topological polar surface area (TPSA) is 102 Å². The molecule has 0 saturated heterocycles. The Morgan fingerprint density at radius 1 is 1.03 bits per heavy atom. The van der Waals surface area contributed by atoms with Gasteiger partial charge in [0.1, 0.15) is 23.6 Å². The molecule has 1 aliphatic rings. The van der Waals surface area contributed by atoms with Crippen LogP contribution in [0.25, 0.3) is 33.1 Å². The van der Waals surface area contributed by atoms with Crippen molar-refractivity contribution in [3.05, 3.63) is 72.1 Å². The van der Waals surface area contributed by atoms with Crippen molar-refractivity contribution >= 4 is 50.9 Å². The quantitative estimate of drug-likeness (QED) is 0.338. The number of aliphatic hydroxyl groups excluding tert-OH is 1. The molecule has 5 aromatic rings. The third-order valence-electron chi connectivity index (χ3n) is 6.23. The fourth-order valence-corrected chi connectivity index (χ4v) is 4.74. The van der Waals surface area contributed by atoms with Crippen LogP contribution in [-0.2, 0) is 0 Å². The van der Waals surface area contributed by atoms with Gasteiger partial charge in [0.25, 0.3) is 0 Å². The predicted octanol–water partition coefficient (Wildman–Crippen LogP) is 5.32. The summed E-state index contributed by atoms with van der Waals surface area (Å²) >= 11 is 6.75. The van der Waals surface area contributed by atoms with Gasteiger partial charge in [0.05, 0.1) is 17.0 Å². The largest absolute Gasteiger partial charge is 0.393 e. The maximum Gasteiger partial charge on any atom is 0.146 e. The second-order valence-electron chi connectivity index (χ2n) is 8.40. The van der Waals surface area contributed by atoms with Gasteiger partial charge >= 0.3 is 0 Å². The van der Waals surface area contributed by atoms with Crippen molar-refractivity contribution in [2.45, 2.75) is 25.0 Å². The molecule has 0 unspecified atom stereocenters. The summed E-state index contributed by atoms with van der Waals surface area (Å²) in [5.74, 6) is 1.15. The number of aliphatic hydroxyl groups is 1. The van der Waals surface area contributed by atoms with Gasteiger partial charge in [-0.05, 0) is 49.2 Å². The van der Waals surface area contributed by atoms with Crippen molar-refractivity contribution in [2.75, 3.05) is 11.1 Å². The zero-order valence-corrected chi connectivity index (χ0v) is 18.4. The Balaban J connectivity index is 1.49. The predicted molar refractivity (Wildman–Crippen MR) is 132 cm³/mol. The number of pyridine rings is 1. The number of anilines is 3. The zero-order chi connectivity index (χ0) is 22.5. The van der Waals surface area contributed by atoms with Gasteiger partial charge in [-0.15, -0.1) is 0 Å². The van der Waals surface area contributed by atoms with E-state index in [2.05, 4.69) is 19.9 Å². The molecular weight excluding hydrogens is 436 g/mol. The van der Waals surface area contributed by atoms with E-state index in [1.165, 1.54) is 6.33 Å². The Hall–Kier alpha value is -3.68. The van der Waals surface area contributed by atoms with Crippen molar-refractivity contribution < 1.29 is 5.11 Å². The number of benzene rings is 2. The van der Waals surface area contributed by atoms with Crippen LogP contribution in [0.15, 0.2) is 67.1 Å². The normalized spacial score (nSPS) is 17.9. The number of hydrogen-bond donors (Lipinski definition) is 3. The van der Waals surface area contributed by atoms with E-state index in [0.29, 0.717) is 23.7 Å². The fraction of sp³-hybridized carbons (Fsp3) is 0.160. The molecule has 164 valence electrons. The summed E-state index contributed by atoms with van der Waals surface area (Å²) in [6.07, 6.45) is 4.59. The molecule has 0 atom stereocenters. The van der Waals surface area contributed by atoms with Crippen molar-refractivity contribution in [1.82, 2.24) is 19.5 Å². The Morgan fingerprint density at radius 3 is 2.64 bits per heavy atom. The van der Waals surface area contributed by atoms with E-state index < -0.39 is 0 Å². The molecular formula is C25H21ClN6O. The molecule has 0 amide bonds. The van der Waals surface area contributed by atoms with Crippen molar-refractivity contribution in [3.63, 3.8) is 0 Å². The molecule has 6 rings (SSSR count). The van der Waals surface area contributed by atoms with Gasteiger partial charge in [-0.1, -0.05) is 29.8 Å². The second-order valence-corrected chi connectivity index (χ2v) is 8.81. The van der Waals surface area contributed by atoms with E-state index >= 15 is 0 Å². The monoisotopic (exact) mass is 456 g/mol. The molecule has 0 bridgehead atoms. The van der Waals surface area contributed by atoms with Crippen LogP contribution in [-0.4, -0.2) is 30.7 Å². The third-order valence-corrected chi connectivity index (χ3v) is 6.55. The minimum atomic E-state index is -0.279. The second kappa shape index (κ2) is 7.72. The van der Waals surface area contributed by atoms with Crippen molar-refractivity contribution in [1.29, 1.82) is 0 Å². The molecule has 8 heteroatoms. The van der Waals surface area contributed by atoms with Crippen LogP contribution in [0.5, 0.6) is 0 Å². The molecule has 2 aromatic carbocycles. The molecule has 1 aliphatic carbocycles. The average molecular weight is 457 g/mol. The maximum atomic E-state index is 9.82. The molecule has 0 spiro atoms. The number of nitrogens with one attached hydrogen (secondary N) is 1. The highest BCUT2D eigenvalue weighted by Crippen LogP contribution is 2.42. The van der Waals surface area contributed by atoms with Crippen LogP contribution in [0.1, 0.15) is 18.9 Å². The molecule has 0 radical (unpaired) electrons. The highest BCUT2D eigenvalue weighted by molar-refractivity contribution is 6.34. The van der Waals surface area contributed by atoms with E-state index in [-0.39, 0.29) is 12.1 Å². The number of hydrogen-bond acceptors (Lipinski definition) is 6. The van der Waals surface area contributed by atoms with Gasteiger partial charge < -0.3 is 20.7 Å². The Bertz CT molecular complexity index is 1490. The van der Waals surface area contributed by atoms with E-state index in [1.54, 1.807) is 0 Å². The lowest BCUT2D eigenvalue weighted by atomic mass is 9.89. The lowest BCUT2D eigenvalue weighted by molar-refractivity contribution is 0.0502. The van der Waals surface area contributed by atoms with E-state index in [4.69, 9.17) is 22.3 Å². The molecule has 3 aromatic heterocycles. The van der Waals surface area contributed by atoms with E-state index in [9.17, 15) is 5.11 Å². The van der Waals surface area contributed by atoms with Crippen LogP contribution in [0.3, 0.4) is 0 Å². The zero-order valence-electron chi connectivity index (χ0n) is 17.6. The SMILES string of the molecule is Nc1ncnc2c1c(-c1cc3nc(Nc4ccccc4)ccc3cc1Cl)cn2C1CC(O)C1. The van der Waals surface area contributed by atoms with Crippen LogP contribution >= 0.6 is 11.6 Å². The van der Waals surface area contributed by atoms with Crippen LogP contribution in [0.4, 0.5) is 17.3 Å². The Morgan fingerprint density at radius 2 is 1.85 bits per heavy atom. The van der Waals surface area contributed by atoms with Gasteiger partial charge in [-0.2, -0.15) is 0 Å². The summed E-state index contributed by atoms with van der Waals surface area (Å²) in [7, 11) is 0. The van der Waals surface area contributed by atoms with Crippen molar-refractivity contribution in [2.24, 2.45) is 0 Å². The number of rotatable bonds is 4. The number of fused-ring (bicyclic) bond motifs is 2. The minimum absolute atomic E-state index is 0.171. The van der Waals surface area contributed by atoms with Gasteiger partial charge in [-0.3, -0.25) is 0 Å². The number of aromatic nitrogens is 4. The first kappa shape index (κ1) is 20.0. The lowest BCUT2D eigenvalue weighted by Crippen LogP contribution is -2.30. The fourth-order valence-electron chi connectivity index (χ4n) is 4.47. The summed E-state index contributed by atoms with van der Waals surface area (Å²) in [6.45, 7) is 0. The first-order valence-electron chi connectivity index (χ1n) is 10.8. The number of nitrogens with zero attached hydrogens (tertiary/aromatic N) is 4. The van der Waals surface area contributed by atoms with Crippen LogP contribution < -0.4 is 11.1 Å². The third kappa shape index (κ3) is 3.46. The van der Waals surface area contributed by atoms with Gasteiger partial charge in [-0.25, -0.2) is 15.0 Å². The molecule has 7 nitrogen and oxygen atoms in total. The molecule has 4 N–H and O–H groups in total. The molecule has 3 heterocycles. The van der Waals surface area contributed by atoms with Gasteiger partial charge in [0.15, 0.2) is 0 Å². The molecule has 1 fully saturated rings. The van der Waals surface area contributed by atoms with Gasteiger partial charge in [0.2, 0.25) is 0 Å². The van der Waals surface area contributed by atoms with Gasteiger partial charge in [0, 0.05) is 39.5 Å². The van der Waals surface area contributed by atoms with Crippen LogP contribution in [0.2, 0.25) is 5.02 Å². The number of halogens is 1. The number of para-hydroxylation sites is 1. The first-order valence-corrected chi connectivity index (χ1v) is 11.2. The number of nitrogens with two attached hydrogens (primary N) is 1. The Labute approximate surface area is 194 Å². The van der Waals surface area contributed by atoms with Crippen LogP contribution in [0, 0.1) is 0 Å². The lowest BCUT2D eigenvalue weighted by Gasteiger charge is -2.32. The minimum Gasteiger partial charge on any atom is -0.393 e. The van der Waals surface area contributed by atoms with Crippen molar-refractivity contribution in [3.8, 4) is 11.1 Å². The summed E-state index contributed by atoms with van der Waals surface area (Å²) in [5, 5.41) is 15.5. The standard InChI is InChI=1S/C25H21ClN6O/c26-20-8-14-6-7-22(30-15-4-2-1-3-5-15)31-21(14)11-18(20)19-12-32(16-9-17(33)10-16)25-23(19)24(27)28-13-29-25/h1-8,11-13,16-17,33H,9-10H2,(H,30,31)(H2,27,28,29). The Kier molecular flexibility index (Phi) is 4.67. The summed E-state index contributed by atoms with van der Waals surface area (Å²) in [6, 6.07) is 17.9. The summed E-state index contributed by atoms with van der Waals surface area (Å²) in [5.41, 5.74) is 10.5. The smallest absolute Gasteiger partial charge is 0.146 e.